The second-order valence-corrected chi connectivity index (χ2v) is 7.38. The standard InChI is InChI=1S/C20H17BrN4O3/c21-13-3-5-14(6-4-13)25-20-17(10-23-25)16(9-19(27)24-20)12-1-7-15(8-2-12)28-11-18(22)26/h1-8,10,16H,9,11H2,(H2,22,26)(H,24,27). The van der Waals surface area contributed by atoms with Gasteiger partial charge in [-0.3, -0.25) is 9.59 Å². The van der Waals surface area contributed by atoms with Crippen LogP contribution in [0.25, 0.3) is 5.69 Å². The Morgan fingerprint density at radius 3 is 2.61 bits per heavy atom. The molecule has 0 fully saturated rings. The van der Waals surface area contributed by atoms with Crippen LogP contribution in [0.2, 0.25) is 0 Å². The lowest BCUT2D eigenvalue weighted by molar-refractivity contribution is -0.120. The highest BCUT2D eigenvalue weighted by Crippen LogP contribution is 2.38. The fourth-order valence-electron chi connectivity index (χ4n) is 3.25. The number of anilines is 1. The van der Waals surface area contributed by atoms with Crippen molar-refractivity contribution in [2.45, 2.75) is 12.3 Å². The average molecular weight is 441 g/mol. The summed E-state index contributed by atoms with van der Waals surface area (Å²) in [4.78, 5) is 23.2. The van der Waals surface area contributed by atoms with Crippen LogP contribution in [0.15, 0.2) is 59.2 Å². The van der Waals surface area contributed by atoms with E-state index < -0.39 is 5.91 Å². The summed E-state index contributed by atoms with van der Waals surface area (Å²) in [5, 5.41) is 7.42. The molecular formula is C20H17BrN4O3. The number of carbonyl (C=O) groups is 2. The normalized spacial score (nSPS) is 15.6. The number of hydrogen-bond donors (Lipinski definition) is 2. The molecule has 0 bridgehead atoms. The molecule has 142 valence electrons. The number of aromatic nitrogens is 2. The lowest BCUT2D eigenvalue weighted by atomic mass is 9.87. The summed E-state index contributed by atoms with van der Waals surface area (Å²) in [6.45, 7) is -0.171. The fourth-order valence-corrected chi connectivity index (χ4v) is 3.51. The SMILES string of the molecule is NC(=O)COc1ccc(C2CC(=O)Nc3c2cnn3-c2ccc(Br)cc2)cc1. The van der Waals surface area contributed by atoms with Gasteiger partial charge in [-0.05, 0) is 42.0 Å². The fraction of sp³-hybridized carbons (Fsp3) is 0.150. The number of hydrogen-bond acceptors (Lipinski definition) is 4. The number of carbonyl (C=O) groups excluding carboxylic acids is 2. The van der Waals surface area contributed by atoms with Crippen LogP contribution in [0.5, 0.6) is 5.75 Å². The molecule has 4 rings (SSSR count). The van der Waals surface area contributed by atoms with Crippen LogP contribution in [-0.4, -0.2) is 28.2 Å². The lowest BCUT2D eigenvalue weighted by Crippen LogP contribution is -2.24. The van der Waals surface area contributed by atoms with Gasteiger partial charge < -0.3 is 15.8 Å². The molecule has 0 saturated carbocycles. The maximum Gasteiger partial charge on any atom is 0.255 e. The lowest BCUT2D eigenvalue weighted by Gasteiger charge is -2.24. The molecule has 3 aromatic rings. The quantitative estimate of drug-likeness (QED) is 0.636. The first-order valence-electron chi connectivity index (χ1n) is 8.66. The molecule has 7 nitrogen and oxygen atoms in total. The molecule has 0 radical (unpaired) electrons. The summed E-state index contributed by atoms with van der Waals surface area (Å²) in [5.74, 6) is 0.521. The molecule has 0 aliphatic carbocycles. The molecule has 1 aliphatic rings. The number of amides is 2. The highest BCUT2D eigenvalue weighted by Gasteiger charge is 2.30. The molecule has 8 heteroatoms. The second kappa shape index (κ2) is 7.47. The largest absolute Gasteiger partial charge is 0.484 e. The van der Waals surface area contributed by atoms with Crippen molar-refractivity contribution in [1.29, 1.82) is 0 Å². The predicted octanol–water partition coefficient (Wildman–Crippen LogP) is 2.97. The van der Waals surface area contributed by atoms with E-state index in [0.29, 0.717) is 18.0 Å². The monoisotopic (exact) mass is 440 g/mol. The third kappa shape index (κ3) is 3.63. The Labute approximate surface area is 169 Å². The van der Waals surface area contributed by atoms with Gasteiger partial charge >= 0.3 is 0 Å². The molecule has 0 spiro atoms. The molecule has 2 heterocycles. The number of nitrogens with one attached hydrogen (secondary N) is 1. The van der Waals surface area contributed by atoms with Crippen molar-refractivity contribution in [2.24, 2.45) is 5.73 Å². The Bertz CT molecular complexity index is 1030. The Morgan fingerprint density at radius 2 is 1.93 bits per heavy atom. The molecule has 0 saturated heterocycles. The van der Waals surface area contributed by atoms with Gasteiger partial charge in [0.15, 0.2) is 6.61 Å². The Kier molecular flexibility index (Phi) is 4.87. The second-order valence-electron chi connectivity index (χ2n) is 6.47. The highest BCUT2D eigenvalue weighted by atomic mass is 79.9. The van der Waals surface area contributed by atoms with Crippen molar-refractivity contribution < 1.29 is 14.3 Å². The number of primary amides is 1. The molecule has 1 unspecified atom stereocenters. The summed E-state index contributed by atoms with van der Waals surface area (Å²) in [6, 6.07) is 15.0. The minimum atomic E-state index is -0.530. The minimum Gasteiger partial charge on any atom is -0.484 e. The number of rotatable bonds is 5. The summed E-state index contributed by atoms with van der Waals surface area (Å²) in [5.41, 5.74) is 7.88. The van der Waals surface area contributed by atoms with E-state index in [-0.39, 0.29) is 18.4 Å². The van der Waals surface area contributed by atoms with Crippen LogP contribution < -0.4 is 15.8 Å². The summed E-state index contributed by atoms with van der Waals surface area (Å²) in [6.07, 6.45) is 2.12. The van der Waals surface area contributed by atoms with Crippen molar-refractivity contribution in [2.75, 3.05) is 11.9 Å². The van der Waals surface area contributed by atoms with Crippen molar-refractivity contribution in [3.63, 3.8) is 0 Å². The molecule has 1 aromatic heterocycles. The van der Waals surface area contributed by atoms with Gasteiger partial charge in [-0.15, -0.1) is 0 Å². The van der Waals surface area contributed by atoms with Crippen LogP contribution >= 0.6 is 15.9 Å². The smallest absolute Gasteiger partial charge is 0.255 e. The Morgan fingerprint density at radius 1 is 1.21 bits per heavy atom. The molecule has 28 heavy (non-hydrogen) atoms. The predicted molar refractivity (Wildman–Crippen MR) is 107 cm³/mol. The van der Waals surface area contributed by atoms with E-state index in [0.717, 1.165) is 21.3 Å². The van der Waals surface area contributed by atoms with E-state index in [1.807, 2.05) is 36.4 Å². The van der Waals surface area contributed by atoms with Gasteiger partial charge in [-0.25, -0.2) is 4.68 Å². The van der Waals surface area contributed by atoms with Crippen molar-refractivity contribution >= 4 is 33.6 Å². The zero-order chi connectivity index (χ0) is 19.7. The summed E-state index contributed by atoms with van der Waals surface area (Å²) < 4.78 is 8.00. The molecule has 1 aliphatic heterocycles. The van der Waals surface area contributed by atoms with E-state index in [2.05, 4.69) is 26.3 Å². The Balaban J connectivity index is 1.65. The van der Waals surface area contributed by atoms with E-state index >= 15 is 0 Å². The van der Waals surface area contributed by atoms with Crippen molar-refractivity contribution in [3.8, 4) is 11.4 Å². The number of nitrogens with two attached hydrogens (primary N) is 1. The molecule has 2 aromatic carbocycles. The minimum absolute atomic E-state index is 0.0644. The first-order valence-corrected chi connectivity index (χ1v) is 9.45. The third-order valence-corrected chi connectivity index (χ3v) is 5.08. The van der Waals surface area contributed by atoms with Gasteiger partial charge in [0.05, 0.1) is 11.9 Å². The van der Waals surface area contributed by atoms with Gasteiger partial charge in [0.2, 0.25) is 5.91 Å². The van der Waals surface area contributed by atoms with Crippen LogP contribution in [0.3, 0.4) is 0 Å². The topological polar surface area (TPSA) is 99.2 Å². The van der Waals surface area contributed by atoms with Gasteiger partial charge in [0.25, 0.3) is 5.91 Å². The number of ether oxygens (including phenoxy) is 1. The zero-order valence-electron chi connectivity index (χ0n) is 14.8. The maximum absolute atomic E-state index is 12.4. The van der Waals surface area contributed by atoms with Crippen LogP contribution in [-0.2, 0) is 9.59 Å². The first kappa shape index (κ1) is 18.2. The third-order valence-electron chi connectivity index (χ3n) is 4.56. The highest BCUT2D eigenvalue weighted by molar-refractivity contribution is 9.10. The summed E-state index contributed by atoms with van der Waals surface area (Å²) >= 11 is 3.42. The molecular weight excluding hydrogens is 424 g/mol. The van der Waals surface area contributed by atoms with E-state index in [9.17, 15) is 9.59 Å². The van der Waals surface area contributed by atoms with Gasteiger partial charge in [-0.1, -0.05) is 28.1 Å². The van der Waals surface area contributed by atoms with E-state index in [1.165, 1.54) is 0 Å². The van der Waals surface area contributed by atoms with Crippen molar-refractivity contribution in [1.82, 2.24) is 9.78 Å². The van der Waals surface area contributed by atoms with Crippen molar-refractivity contribution in [3.05, 3.63) is 70.3 Å². The molecule has 2 amide bonds. The zero-order valence-corrected chi connectivity index (χ0v) is 16.3. The maximum atomic E-state index is 12.4. The van der Waals surface area contributed by atoms with Crippen LogP contribution in [0, 0.1) is 0 Å². The van der Waals surface area contributed by atoms with E-state index in [1.54, 1.807) is 23.0 Å². The number of nitrogens with zero attached hydrogens (tertiary/aromatic N) is 2. The Hall–Kier alpha value is -3.13. The van der Waals surface area contributed by atoms with E-state index in [4.69, 9.17) is 10.5 Å². The number of benzene rings is 2. The first-order chi connectivity index (χ1) is 13.5. The van der Waals surface area contributed by atoms with Gasteiger partial charge in [-0.2, -0.15) is 5.10 Å². The molecule has 3 N–H and O–H groups in total. The number of halogens is 1. The summed E-state index contributed by atoms with van der Waals surface area (Å²) in [7, 11) is 0. The van der Waals surface area contributed by atoms with Gasteiger partial charge in [0.1, 0.15) is 11.6 Å². The number of fused-ring (bicyclic) bond motifs is 1. The average Bonchev–Trinajstić information content (AvgIpc) is 3.10. The van der Waals surface area contributed by atoms with Gasteiger partial charge in [0, 0.05) is 22.4 Å². The van der Waals surface area contributed by atoms with Crippen LogP contribution in [0.1, 0.15) is 23.5 Å². The molecule has 1 atom stereocenters. The van der Waals surface area contributed by atoms with Crippen LogP contribution in [0.4, 0.5) is 5.82 Å².